The van der Waals surface area contributed by atoms with Crippen LogP contribution in [0, 0.1) is 6.92 Å². The predicted octanol–water partition coefficient (Wildman–Crippen LogP) is 1.13. The summed E-state index contributed by atoms with van der Waals surface area (Å²) >= 11 is 0. The SMILES string of the molecule is CCOCC(=O)N1CCN(c2ncccc2-c2nnc(C)o2)CC1. The minimum Gasteiger partial charge on any atom is -0.421 e. The highest BCUT2D eigenvalue weighted by molar-refractivity contribution is 5.78. The second kappa shape index (κ2) is 7.39. The molecule has 0 aromatic carbocycles. The lowest BCUT2D eigenvalue weighted by Crippen LogP contribution is -2.50. The van der Waals surface area contributed by atoms with Crippen LogP contribution in [0.1, 0.15) is 12.8 Å². The van der Waals surface area contributed by atoms with Crippen LogP contribution in [-0.2, 0) is 9.53 Å². The van der Waals surface area contributed by atoms with Crippen LogP contribution in [-0.4, -0.2) is 65.4 Å². The number of anilines is 1. The molecule has 3 heterocycles. The van der Waals surface area contributed by atoms with Gasteiger partial charge in [-0.3, -0.25) is 4.79 Å². The van der Waals surface area contributed by atoms with Crippen LogP contribution in [0.3, 0.4) is 0 Å². The van der Waals surface area contributed by atoms with Gasteiger partial charge in [-0.25, -0.2) is 4.98 Å². The van der Waals surface area contributed by atoms with Crippen molar-refractivity contribution in [3.63, 3.8) is 0 Å². The third-order valence-electron chi connectivity index (χ3n) is 3.90. The highest BCUT2D eigenvalue weighted by Crippen LogP contribution is 2.28. The quantitative estimate of drug-likeness (QED) is 0.812. The Bertz CT molecular complexity index is 695. The van der Waals surface area contributed by atoms with E-state index in [0.717, 1.165) is 11.4 Å². The molecule has 0 unspecified atom stereocenters. The van der Waals surface area contributed by atoms with E-state index < -0.39 is 0 Å². The molecule has 3 rings (SSSR count). The van der Waals surface area contributed by atoms with Gasteiger partial charge in [0.1, 0.15) is 12.4 Å². The first-order chi connectivity index (χ1) is 11.7. The fourth-order valence-electron chi connectivity index (χ4n) is 2.67. The van der Waals surface area contributed by atoms with Gasteiger partial charge in [0.25, 0.3) is 5.89 Å². The maximum Gasteiger partial charge on any atom is 0.251 e. The van der Waals surface area contributed by atoms with Gasteiger partial charge in [-0.2, -0.15) is 0 Å². The van der Waals surface area contributed by atoms with E-state index in [1.807, 2.05) is 24.0 Å². The van der Waals surface area contributed by atoms with E-state index in [4.69, 9.17) is 9.15 Å². The van der Waals surface area contributed by atoms with Gasteiger partial charge in [0.05, 0.1) is 5.56 Å². The van der Waals surface area contributed by atoms with E-state index in [2.05, 4.69) is 20.1 Å². The molecule has 0 N–H and O–H groups in total. The second-order valence-electron chi connectivity index (χ2n) is 5.51. The number of hydrogen-bond donors (Lipinski definition) is 0. The largest absolute Gasteiger partial charge is 0.421 e. The number of rotatable bonds is 5. The zero-order valence-corrected chi connectivity index (χ0v) is 13.9. The molecule has 2 aromatic heterocycles. The minimum atomic E-state index is 0.0327. The number of carbonyl (C=O) groups excluding carboxylic acids is 1. The molecule has 1 aliphatic rings. The third kappa shape index (κ3) is 3.53. The molecule has 24 heavy (non-hydrogen) atoms. The number of nitrogens with zero attached hydrogens (tertiary/aromatic N) is 5. The Morgan fingerprint density at radius 2 is 2.08 bits per heavy atom. The summed E-state index contributed by atoms with van der Waals surface area (Å²) in [7, 11) is 0. The van der Waals surface area contributed by atoms with Gasteiger partial charge < -0.3 is 19.0 Å². The van der Waals surface area contributed by atoms with Gasteiger partial charge in [0, 0.05) is 45.9 Å². The van der Waals surface area contributed by atoms with Crippen molar-refractivity contribution in [2.75, 3.05) is 44.3 Å². The van der Waals surface area contributed by atoms with Gasteiger partial charge in [-0.05, 0) is 19.1 Å². The maximum atomic E-state index is 12.0. The summed E-state index contributed by atoms with van der Waals surface area (Å²) in [6, 6.07) is 3.77. The minimum absolute atomic E-state index is 0.0327. The third-order valence-corrected chi connectivity index (χ3v) is 3.90. The number of piperazine rings is 1. The number of hydrogen-bond acceptors (Lipinski definition) is 7. The van der Waals surface area contributed by atoms with Gasteiger partial charge in [0.2, 0.25) is 11.8 Å². The molecule has 1 amide bonds. The average Bonchev–Trinajstić information content (AvgIpc) is 3.06. The van der Waals surface area contributed by atoms with E-state index in [9.17, 15) is 4.79 Å². The van der Waals surface area contributed by atoms with Crippen molar-refractivity contribution >= 4 is 11.7 Å². The van der Waals surface area contributed by atoms with Crippen LogP contribution in [0.2, 0.25) is 0 Å². The Kier molecular flexibility index (Phi) is 5.05. The van der Waals surface area contributed by atoms with Crippen molar-refractivity contribution in [3.05, 3.63) is 24.2 Å². The number of carbonyl (C=O) groups is 1. The van der Waals surface area contributed by atoms with Gasteiger partial charge in [0.15, 0.2) is 0 Å². The topological polar surface area (TPSA) is 84.6 Å². The molecule has 0 aliphatic carbocycles. The number of amides is 1. The molecular formula is C16H21N5O3. The zero-order valence-electron chi connectivity index (χ0n) is 13.9. The van der Waals surface area contributed by atoms with Crippen molar-refractivity contribution in [1.82, 2.24) is 20.1 Å². The van der Waals surface area contributed by atoms with E-state index in [1.54, 1.807) is 13.1 Å². The van der Waals surface area contributed by atoms with Crippen molar-refractivity contribution in [2.45, 2.75) is 13.8 Å². The molecule has 128 valence electrons. The summed E-state index contributed by atoms with van der Waals surface area (Å²) in [5.41, 5.74) is 0.812. The van der Waals surface area contributed by atoms with Crippen LogP contribution in [0.4, 0.5) is 5.82 Å². The van der Waals surface area contributed by atoms with E-state index >= 15 is 0 Å². The summed E-state index contributed by atoms with van der Waals surface area (Å²) in [4.78, 5) is 20.5. The number of pyridine rings is 1. The first-order valence-corrected chi connectivity index (χ1v) is 8.05. The summed E-state index contributed by atoms with van der Waals surface area (Å²) in [6.45, 7) is 7.03. The van der Waals surface area contributed by atoms with E-state index in [-0.39, 0.29) is 12.5 Å². The molecule has 8 nitrogen and oxygen atoms in total. The van der Waals surface area contributed by atoms with Crippen molar-refractivity contribution < 1.29 is 13.9 Å². The van der Waals surface area contributed by atoms with Crippen LogP contribution in [0.15, 0.2) is 22.7 Å². The van der Waals surface area contributed by atoms with E-state index in [1.165, 1.54) is 0 Å². The standard InChI is InChI=1S/C16H21N5O3/c1-3-23-11-14(22)20-7-9-21(10-8-20)15-13(5-4-6-17-15)16-19-18-12(2)24-16/h4-6H,3,7-11H2,1-2H3. The molecule has 0 spiro atoms. The average molecular weight is 331 g/mol. The smallest absolute Gasteiger partial charge is 0.251 e. The predicted molar refractivity (Wildman–Crippen MR) is 87.6 cm³/mol. The maximum absolute atomic E-state index is 12.0. The Labute approximate surface area is 140 Å². The second-order valence-corrected chi connectivity index (χ2v) is 5.51. The summed E-state index contributed by atoms with van der Waals surface area (Å²) < 4.78 is 10.7. The molecule has 1 saturated heterocycles. The Hall–Kier alpha value is -2.48. The zero-order chi connectivity index (χ0) is 16.9. The summed E-state index contributed by atoms with van der Waals surface area (Å²) in [5.74, 6) is 1.82. The molecule has 1 aliphatic heterocycles. The number of aromatic nitrogens is 3. The lowest BCUT2D eigenvalue weighted by atomic mass is 10.2. The fourth-order valence-corrected chi connectivity index (χ4v) is 2.67. The monoisotopic (exact) mass is 331 g/mol. The normalized spacial score (nSPS) is 14.9. The van der Waals surface area contributed by atoms with Gasteiger partial charge in [-0.1, -0.05) is 0 Å². The van der Waals surface area contributed by atoms with Crippen molar-refractivity contribution in [3.8, 4) is 11.5 Å². The fraction of sp³-hybridized carbons (Fsp3) is 0.500. The molecule has 0 saturated carbocycles. The van der Waals surface area contributed by atoms with Crippen LogP contribution < -0.4 is 4.90 Å². The summed E-state index contributed by atoms with van der Waals surface area (Å²) in [6.07, 6.45) is 1.74. The lowest BCUT2D eigenvalue weighted by Gasteiger charge is -2.35. The highest BCUT2D eigenvalue weighted by atomic mass is 16.5. The van der Waals surface area contributed by atoms with Crippen LogP contribution in [0.5, 0.6) is 0 Å². The molecule has 2 aromatic rings. The molecule has 1 fully saturated rings. The Morgan fingerprint density at radius 1 is 1.29 bits per heavy atom. The Morgan fingerprint density at radius 3 is 2.75 bits per heavy atom. The molecule has 0 atom stereocenters. The Balaban J connectivity index is 1.70. The number of ether oxygens (including phenoxy) is 1. The molecular weight excluding hydrogens is 310 g/mol. The van der Waals surface area contributed by atoms with Crippen molar-refractivity contribution in [2.24, 2.45) is 0 Å². The van der Waals surface area contributed by atoms with Gasteiger partial charge >= 0.3 is 0 Å². The summed E-state index contributed by atoms with van der Waals surface area (Å²) in [5, 5.41) is 7.97. The first-order valence-electron chi connectivity index (χ1n) is 8.05. The number of aryl methyl sites for hydroxylation is 1. The highest BCUT2D eigenvalue weighted by Gasteiger charge is 2.24. The van der Waals surface area contributed by atoms with Crippen LogP contribution >= 0.6 is 0 Å². The molecule has 0 bridgehead atoms. The van der Waals surface area contributed by atoms with Crippen LogP contribution in [0.25, 0.3) is 11.5 Å². The van der Waals surface area contributed by atoms with E-state index in [0.29, 0.717) is 44.6 Å². The molecule has 8 heteroatoms. The molecule has 0 radical (unpaired) electrons. The first kappa shape index (κ1) is 16.4. The van der Waals surface area contributed by atoms with Crippen molar-refractivity contribution in [1.29, 1.82) is 0 Å². The van der Waals surface area contributed by atoms with Gasteiger partial charge in [-0.15, -0.1) is 10.2 Å². The lowest BCUT2D eigenvalue weighted by molar-refractivity contribution is -0.136.